The number of nitrogens with zero attached hydrogens (tertiary/aromatic N) is 2. The number of halogens is 3. The lowest BCUT2D eigenvalue weighted by Gasteiger charge is -2.20. The molecule has 0 unspecified atom stereocenters. The Morgan fingerprint density at radius 2 is 1.92 bits per heavy atom. The van der Waals surface area contributed by atoms with Crippen LogP contribution in [-0.4, -0.2) is 23.3 Å². The lowest BCUT2D eigenvalue weighted by Crippen LogP contribution is -2.25. The highest BCUT2D eigenvalue weighted by Crippen LogP contribution is 2.31. The minimum Gasteiger partial charge on any atom is -0.320 e. The monoisotopic (exact) mass is 363 g/mol. The molecule has 2 aromatic rings. The Morgan fingerprint density at radius 3 is 2.54 bits per heavy atom. The molecule has 1 N–H and O–H groups in total. The molecule has 2 amide bonds. The fraction of sp³-hybridized carbons (Fsp3) is 0.278. The van der Waals surface area contributed by atoms with Gasteiger partial charge in [0.15, 0.2) is 0 Å². The van der Waals surface area contributed by atoms with E-state index in [1.165, 1.54) is 6.92 Å². The number of para-hydroxylation sites is 2. The van der Waals surface area contributed by atoms with Crippen LogP contribution >= 0.6 is 0 Å². The summed E-state index contributed by atoms with van der Waals surface area (Å²) in [7, 11) is 0. The van der Waals surface area contributed by atoms with Crippen molar-refractivity contribution in [1.82, 2.24) is 4.98 Å². The summed E-state index contributed by atoms with van der Waals surface area (Å²) in [5.41, 5.74) is -0.0323. The van der Waals surface area contributed by atoms with Crippen LogP contribution < -0.4 is 10.2 Å². The normalized spacial score (nSPS) is 14.6. The van der Waals surface area contributed by atoms with Crippen LogP contribution in [0.5, 0.6) is 0 Å². The molecule has 5 nitrogen and oxygen atoms in total. The van der Waals surface area contributed by atoms with E-state index in [2.05, 4.69) is 10.3 Å². The van der Waals surface area contributed by atoms with Gasteiger partial charge in [-0.15, -0.1) is 0 Å². The highest BCUT2D eigenvalue weighted by atomic mass is 19.4. The molecule has 0 radical (unpaired) electrons. The Hall–Kier alpha value is -2.90. The van der Waals surface area contributed by atoms with Crippen LogP contribution in [-0.2, 0) is 11.0 Å². The number of anilines is 2. The van der Waals surface area contributed by atoms with E-state index >= 15 is 0 Å². The SMILES string of the molecule is Cc1nc(C(F)(F)F)ccc1C(=O)Nc1ccccc1N1CCCC1=O. The number of aromatic nitrogens is 1. The average molecular weight is 363 g/mol. The molecule has 1 aliphatic heterocycles. The van der Waals surface area contributed by atoms with Crippen molar-refractivity contribution in [3.05, 3.63) is 53.3 Å². The van der Waals surface area contributed by atoms with Crippen molar-refractivity contribution in [2.75, 3.05) is 16.8 Å². The minimum atomic E-state index is -4.57. The first-order chi connectivity index (χ1) is 12.3. The summed E-state index contributed by atoms with van der Waals surface area (Å²) in [6.45, 7) is 1.91. The molecule has 1 aromatic carbocycles. The Bertz CT molecular complexity index is 865. The topological polar surface area (TPSA) is 62.3 Å². The fourth-order valence-corrected chi connectivity index (χ4v) is 2.87. The van der Waals surface area contributed by atoms with Crippen molar-refractivity contribution >= 4 is 23.2 Å². The zero-order chi connectivity index (χ0) is 18.9. The maximum absolute atomic E-state index is 12.7. The summed E-state index contributed by atoms with van der Waals surface area (Å²) in [6, 6.07) is 8.70. The minimum absolute atomic E-state index is 0.0212. The van der Waals surface area contributed by atoms with Gasteiger partial charge >= 0.3 is 6.18 Å². The lowest BCUT2D eigenvalue weighted by atomic mass is 10.1. The zero-order valence-electron chi connectivity index (χ0n) is 13.9. The van der Waals surface area contributed by atoms with Gasteiger partial charge in [-0.25, -0.2) is 4.98 Å². The fourth-order valence-electron chi connectivity index (χ4n) is 2.87. The molecule has 0 atom stereocenters. The lowest BCUT2D eigenvalue weighted by molar-refractivity contribution is -0.141. The summed E-state index contributed by atoms with van der Waals surface area (Å²) in [5, 5.41) is 2.67. The van der Waals surface area contributed by atoms with Gasteiger partial charge in [0.25, 0.3) is 5.91 Å². The number of amides is 2. The molecule has 0 aliphatic carbocycles. The first kappa shape index (κ1) is 17.9. The number of pyridine rings is 1. The van der Waals surface area contributed by atoms with Crippen LogP contribution in [0.2, 0.25) is 0 Å². The highest BCUT2D eigenvalue weighted by Gasteiger charge is 2.33. The van der Waals surface area contributed by atoms with Gasteiger partial charge in [0.1, 0.15) is 5.69 Å². The molecule has 1 aromatic heterocycles. The van der Waals surface area contributed by atoms with Crippen LogP contribution in [0.1, 0.15) is 34.6 Å². The number of carbonyl (C=O) groups excluding carboxylic acids is 2. The second kappa shape index (κ2) is 6.78. The maximum atomic E-state index is 12.7. The predicted molar refractivity (Wildman–Crippen MR) is 90.0 cm³/mol. The third-order valence-corrected chi connectivity index (χ3v) is 4.14. The third kappa shape index (κ3) is 3.54. The molecule has 8 heteroatoms. The Morgan fingerprint density at radius 1 is 1.19 bits per heavy atom. The van der Waals surface area contributed by atoms with E-state index in [0.29, 0.717) is 24.3 Å². The van der Waals surface area contributed by atoms with Gasteiger partial charge < -0.3 is 10.2 Å². The van der Waals surface area contributed by atoms with Gasteiger partial charge in [0.2, 0.25) is 5.91 Å². The van der Waals surface area contributed by atoms with Crippen LogP contribution in [0.25, 0.3) is 0 Å². The number of hydrogen-bond acceptors (Lipinski definition) is 3. The van der Waals surface area contributed by atoms with Crippen molar-refractivity contribution in [2.45, 2.75) is 25.9 Å². The molecule has 0 bridgehead atoms. The van der Waals surface area contributed by atoms with Crippen molar-refractivity contribution in [2.24, 2.45) is 0 Å². The van der Waals surface area contributed by atoms with Gasteiger partial charge in [-0.1, -0.05) is 12.1 Å². The zero-order valence-corrected chi connectivity index (χ0v) is 13.9. The van der Waals surface area contributed by atoms with Crippen molar-refractivity contribution in [3.63, 3.8) is 0 Å². The highest BCUT2D eigenvalue weighted by molar-refractivity contribution is 6.08. The Kier molecular flexibility index (Phi) is 4.67. The summed E-state index contributed by atoms with van der Waals surface area (Å²) in [5.74, 6) is -0.609. The Labute approximate surface area is 147 Å². The molecule has 1 aliphatic rings. The third-order valence-electron chi connectivity index (χ3n) is 4.14. The standard InChI is InChI=1S/C18H16F3N3O2/c1-11-12(8-9-15(22-11)18(19,20)21)17(26)23-13-5-2-3-6-14(13)24-10-4-7-16(24)25/h2-3,5-6,8-9H,4,7,10H2,1H3,(H,23,26). The van der Waals surface area contributed by atoms with Crippen molar-refractivity contribution < 1.29 is 22.8 Å². The molecule has 2 heterocycles. The van der Waals surface area contributed by atoms with Crippen molar-refractivity contribution in [3.8, 4) is 0 Å². The second-order valence-corrected chi connectivity index (χ2v) is 5.95. The summed E-state index contributed by atoms with van der Waals surface area (Å²) in [4.78, 5) is 29.5. The van der Waals surface area contributed by atoms with Crippen LogP contribution in [0, 0.1) is 6.92 Å². The predicted octanol–water partition coefficient (Wildman–Crippen LogP) is 3.79. The molecular formula is C18H16F3N3O2. The van der Waals surface area contributed by atoms with E-state index in [0.717, 1.165) is 18.6 Å². The quantitative estimate of drug-likeness (QED) is 0.903. The van der Waals surface area contributed by atoms with Gasteiger partial charge in [-0.05, 0) is 37.6 Å². The van der Waals surface area contributed by atoms with E-state index < -0.39 is 17.8 Å². The van der Waals surface area contributed by atoms with Gasteiger partial charge in [0, 0.05) is 13.0 Å². The largest absolute Gasteiger partial charge is 0.433 e. The number of rotatable bonds is 3. The maximum Gasteiger partial charge on any atom is 0.433 e. The van der Waals surface area contributed by atoms with E-state index in [9.17, 15) is 22.8 Å². The smallest absolute Gasteiger partial charge is 0.320 e. The second-order valence-electron chi connectivity index (χ2n) is 5.95. The average Bonchev–Trinajstić information content (AvgIpc) is 3.00. The first-order valence-electron chi connectivity index (χ1n) is 8.03. The molecule has 1 saturated heterocycles. The number of aryl methyl sites for hydroxylation is 1. The van der Waals surface area contributed by atoms with Crippen LogP contribution in [0.4, 0.5) is 24.5 Å². The summed E-state index contributed by atoms with van der Waals surface area (Å²) < 4.78 is 38.1. The van der Waals surface area contributed by atoms with E-state index in [1.54, 1.807) is 29.2 Å². The molecular weight excluding hydrogens is 347 g/mol. The van der Waals surface area contributed by atoms with Gasteiger partial charge in [-0.2, -0.15) is 13.2 Å². The number of nitrogens with one attached hydrogen (secondary N) is 1. The molecule has 1 fully saturated rings. The van der Waals surface area contributed by atoms with Gasteiger partial charge in [-0.3, -0.25) is 9.59 Å². The number of alkyl halides is 3. The summed E-state index contributed by atoms with van der Waals surface area (Å²) in [6.07, 6.45) is -3.38. The van der Waals surface area contributed by atoms with Gasteiger partial charge in [0.05, 0.1) is 22.6 Å². The van der Waals surface area contributed by atoms with Crippen LogP contribution in [0.3, 0.4) is 0 Å². The molecule has 0 spiro atoms. The molecule has 26 heavy (non-hydrogen) atoms. The Balaban J connectivity index is 1.86. The number of hydrogen-bond donors (Lipinski definition) is 1. The van der Waals surface area contributed by atoms with E-state index in [1.807, 2.05) is 0 Å². The molecule has 136 valence electrons. The summed E-state index contributed by atoms with van der Waals surface area (Å²) >= 11 is 0. The van der Waals surface area contributed by atoms with Crippen molar-refractivity contribution in [1.29, 1.82) is 0 Å². The molecule has 0 saturated carbocycles. The van der Waals surface area contributed by atoms with E-state index in [-0.39, 0.29) is 17.2 Å². The number of benzene rings is 1. The number of carbonyl (C=O) groups is 2. The molecule has 3 rings (SSSR count). The van der Waals surface area contributed by atoms with E-state index in [4.69, 9.17) is 0 Å². The first-order valence-corrected chi connectivity index (χ1v) is 8.03. The van der Waals surface area contributed by atoms with Crippen LogP contribution in [0.15, 0.2) is 36.4 Å².